The molecule has 1 aliphatic rings. The highest BCUT2D eigenvalue weighted by molar-refractivity contribution is 14.0. The molecule has 1 saturated carbocycles. The van der Waals surface area contributed by atoms with Crippen molar-refractivity contribution in [3.05, 3.63) is 11.6 Å². The molecule has 0 spiro atoms. The van der Waals surface area contributed by atoms with Crippen LogP contribution in [0, 0.1) is 12.8 Å². The van der Waals surface area contributed by atoms with E-state index in [0.717, 1.165) is 62.5 Å². The molecule has 0 aliphatic heterocycles. The first-order chi connectivity index (χ1) is 13.2. The summed E-state index contributed by atoms with van der Waals surface area (Å²) in [6.07, 6.45) is 9.01. The Morgan fingerprint density at radius 3 is 2.54 bits per heavy atom. The molecule has 2 N–H and O–H groups in total. The Balaban J connectivity index is 0.00000392. The third-order valence-corrected chi connectivity index (χ3v) is 5.41. The fourth-order valence-corrected chi connectivity index (χ4v) is 3.63. The number of guanidine groups is 1. The first-order valence-corrected chi connectivity index (χ1v) is 10.6. The normalized spacial score (nSPS) is 16.1. The average molecular weight is 506 g/mol. The second-order valence-corrected chi connectivity index (χ2v) is 7.42. The zero-order chi connectivity index (χ0) is 19.5. The molecular weight excluding hydrogens is 467 g/mol. The minimum absolute atomic E-state index is 0. The van der Waals surface area contributed by atoms with Crippen LogP contribution in [0.15, 0.2) is 4.99 Å². The van der Waals surface area contributed by atoms with Gasteiger partial charge < -0.3 is 19.9 Å². The summed E-state index contributed by atoms with van der Waals surface area (Å²) >= 11 is 0. The van der Waals surface area contributed by atoms with Crippen molar-refractivity contribution < 1.29 is 4.74 Å². The first-order valence-electron chi connectivity index (χ1n) is 10.6. The zero-order valence-electron chi connectivity index (χ0n) is 18.0. The summed E-state index contributed by atoms with van der Waals surface area (Å²) in [5.74, 6) is 3.36. The first kappa shape index (κ1) is 25.1. The molecule has 1 heterocycles. The summed E-state index contributed by atoms with van der Waals surface area (Å²) in [5, 5.41) is 15.2. The minimum atomic E-state index is 0. The summed E-state index contributed by atoms with van der Waals surface area (Å²) in [5.41, 5.74) is 0. The number of hydrogen-bond acceptors (Lipinski definition) is 4. The lowest BCUT2D eigenvalue weighted by Gasteiger charge is -2.24. The number of rotatable bonds is 11. The predicted molar refractivity (Wildman–Crippen MR) is 125 cm³/mol. The standard InChI is InChI=1S/C20H38N6O.HI/c1-5-7-13-21-20(23-15-19-25-24-16(3)26(19)4)22-14-12-18(27-6-2)17-10-8-9-11-17;/h17-18H,5-15H2,1-4H3,(H2,21,22,23);1H. The number of ether oxygens (including phenoxy) is 1. The lowest BCUT2D eigenvalue weighted by Crippen LogP contribution is -2.40. The van der Waals surface area contributed by atoms with Gasteiger partial charge in [-0.3, -0.25) is 0 Å². The van der Waals surface area contributed by atoms with Crippen LogP contribution in [-0.4, -0.2) is 46.5 Å². The molecule has 1 aromatic rings. The van der Waals surface area contributed by atoms with Crippen molar-refractivity contribution in [2.75, 3.05) is 19.7 Å². The number of nitrogens with one attached hydrogen (secondary N) is 2. The maximum absolute atomic E-state index is 6.03. The summed E-state index contributed by atoms with van der Waals surface area (Å²) in [6.45, 7) is 9.36. The van der Waals surface area contributed by atoms with E-state index in [4.69, 9.17) is 9.73 Å². The Labute approximate surface area is 187 Å². The Hall–Kier alpha value is -0.900. The van der Waals surface area contributed by atoms with Crippen LogP contribution in [0.2, 0.25) is 0 Å². The van der Waals surface area contributed by atoms with Gasteiger partial charge in [0.05, 0.1) is 6.10 Å². The van der Waals surface area contributed by atoms with Crippen LogP contribution in [0.1, 0.15) is 70.4 Å². The molecule has 1 unspecified atom stereocenters. The molecule has 0 bridgehead atoms. The highest BCUT2D eigenvalue weighted by Gasteiger charge is 2.25. The molecular formula is C20H39IN6O. The fourth-order valence-electron chi connectivity index (χ4n) is 3.63. The molecule has 1 fully saturated rings. The number of halogens is 1. The Morgan fingerprint density at radius 1 is 1.21 bits per heavy atom. The molecule has 8 heteroatoms. The third kappa shape index (κ3) is 8.23. The van der Waals surface area contributed by atoms with E-state index in [1.165, 1.54) is 25.7 Å². The van der Waals surface area contributed by atoms with E-state index in [1.807, 2.05) is 18.5 Å². The largest absolute Gasteiger partial charge is 0.378 e. The Kier molecular flexibility index (Phi) is 12.7. The zero-order valence-corrected chi connectivity index (χ0v) is 20.4. The van der Waals surface area contributed by atoms with E-state index in [0.29, 0.717) is 12.6 Å². The van der Waals surface area contributed by atoms with Gasteiger partial charge in [0.2, 0.25) is 0 Å². The number of unbranched alkanes of at least 4 members (excludes halogenated alkanes) is 1. The van der Waals surface area contributed by atoms with Crippen LogP contribution in [0.5, 0.6) is 0 Å². The Bertz CT molecular complexity index is 571. The van der Waals surface area contributed by atoms with Crippen LogP contribution < -0.4 is 10.6 Å². The number of aromatic nitrogens is 3. The Morgan fingerprint density at radius 2 is 1.93 bits per heavy atom. The van der Waals surface area contributed by atoms with Crippen molar-refractivity contribution in [3.63, 3.8) is 0 Å². The summed E-state index contributed by atoms with van der Waals surface area (Å²) in [6, 6.07) is 0. The predicted octanol–water partition coefficient (Wildman–Crippen LogP) is 3.56. The fraction of sp³-hybridized carbons (Fsp3) is 0.850. The maximum atomic E-state index is 6.03. The molecule has 7 nitrogen and oxygen atoms in total. The van der Waals surface area contributed by atoms with Crippen LogP contribution in [0.25, 0.3) is 0 Å². The monoisotopic (exact) mass is 506 g/mol. The maximum Gasteiger partial charge on any atom is 0.191 e. The van der Waals surface area contributed by atoms with Gasteiger partial charge in [0.25, 0.3) is 0 Å². The number of aliphatic imine (C=N–C) groups is 1. The lowest BCUT2D eigenvalue weighted by molar-refractivity contribution is 0.0169. The highest BCUT2D eigenvalue weighted by Crippen LogP contribution is 2.30. The van der Waals surface area contributed by atoms with E-state index in [-0.39, 0.29) is 24.0 Å². The molecule has 0 amide bonds. The lowest BCUT2D eigenvalue weighted by atomic mass is 9.98. The molecule has 2 rings (SSSR count). The van der Waals surface area contributed by atoms with Gasteiger partial charge in [-0.15, -0.1) is 34.2 Å². The molecule has 0 radical (unpaired) electrons. The van der Waals surface area contributed by atoms with Crippen LogP contribution in [0.4, 0.5) is 0 Å². The van der Waals surface area contributed by atoms with Gasteiger partial charge >= 0.3 is 0 Å². The summed E-state index contributed by atoms with van der Waals surface area (Å²) in [7, 11) is 1.98. The van der Waals surface area contributed by atoms with E-state index in [9.17, 15) is 0 Å². The molecule has 1 aromatic heterocycles. The third-order valence-electron chi connectivity index (χ3n) is 5.41. The van der Waals surface area contributed by atoms with Crippen molar-refractivity contribution in [3.8, 4) is 0 Å². The smallest absolute Gasteiger partial charge is 0.191 e. The van der Waals surface area contributed by atoms with E-state index in [2.05, 4.69) is 34.7 Å². The molecule has 0 saturated heterocycles. The quantitative estimate of drug-likeness (QED) is 0.208. The van der Waals surface area contributed by atoms with Gasteiger partial charge in [-0.05, 0) is 45.4 Å². The van der Waals surface area contributed by atoms with Crippen molar-refractivity contribution in [1.29, 1.82) is 0 Å². The van der Waals surface area contributed by atoms with Crippen molar-refractivity contribution in [1.82, 2.24) is 25.4 Å². The van der Waals surface area contributed by atoms with Crippen LogP contribution >= 0.6 is 24.0 Å². The van der Waals surface area contributed by atoms with Gasteiger partial charge in [0.15, 0.2) is 11.8 Å². The van der Waals surface area contributed by atoms with Crippen molar-refractivity contribution in [2.45, 2.75) is 78.4 Å². The topological polar surface area (TPSA) is 76.4 Å². The van der Waals surface area contributed by atoms with E-state index >= 15 is 0 Å². The molecule has 28 heavy (non-hydrogen) atoms. The second kappa shape index (κ2) is 14.1. The van der Waals surface area contributed by atoms with Gasteiger partial charge in [0.1, 0.15) is 12.4 Å². The van der Waals surface area contributed by atoms with Crippen LogP contribution in [0.3, 0.4) is 0 Å². The average Bonchev–Trinajstić information content (AvgIpc) is 3.30. The van der Waals surface area contributed by atoms with Gasteiger partial charge in [0, 0.05) is 26.7 Å². The van der Waals surface area contributed by atoms with E-state index in [1.54, 1.807) is 0 Å². The molecule has 1 aliphatic carbocycles. The van der Waals surface area contributed by atoms with Gasteiger partial charge in [-0.1, -0.05) is 26.2 Å². The molecule has 0 aromatic carbocycles. The SMILES string of the molecule is CCCCNC(=NCc1nnc(C)n1C)NCCC(OCC)C1CCCC1.I. The summed E-state index contributed by atoms with van der Waals surface area (Å²) in [4.78, 5) is 4.71. The number of aryl methyl sites for hydroxylation is 1. The number of nitrogens with zero attached hydrogens (tertiary/aromatic N) is 4. The van der Waals surface area contributed by atoms with Crippen LogP contribution in [-0.2, 0) is 18.3 Å². The molecule has 162 valence electrons. The highest BCUT2D eigenvalue weighted by atomic mass is 127. The van der Waals surface area contributed by atoms with Gasteiger partial charge in [-0.2, -0.15) is 0 Å². The van der Waals surface area contributed by atoms with E-state index < -0.39 is 0 Å². The molecule has 1 atom stereocenters. The second-order valence-electron chi connectivity index (χ2n) is 7.42. The number of hydrogen-bond donors (Lipinski definition) is 2. The van der Waals surface area contributed by atoms with Crippen molar-refractivity contribution in [2.24, 2.45) is 18.0 Å². The van der Waals surface area contributed by atoms with Gasteiger partial charge in [-0.25, -0.2) is 4.99 Å². The van der Waals surface area contributed by atoms with Crippen molar-refractivity contribution >= 4 is 29.9 Å². The summed E-state index contributed by atoms with van der Waals surface area (Å²) < 4.78 is 8.02. The minimum Gasteiger partial charge on any atom is -0.378 e.